The molecule has 0 atom stereocenters. The lowest BCUT2D eigenvalue weighted by molar-refractivity contribution is 0.403. The summed E-state index contributed by atoms with van der Waals surface area (Å²) < 4.78 is 4.87. The number of hydrogen-bond acceptors (Lipinski definition) is 4. The van der Waals surface area contributed by atoms with Gasteiger partial charge in [0.2, 0.25) is 0 Å². The Morgan fingerprint density at radius 2 is 2.06 bits per heavy atom. The molecule has 1 aromatic heterocycles. The molecule has 0 saturated heterocycles. The van der Waals surface area contributed by atoms with E-state index in [0.717, 1.165) is 10.8 Å². The number of rotatable bonds is 1. The van der Waals surface area contributed by atoms with Gasteiger partial charge in [0.25, 0.3) is 5.17 Å². The fraction of sp³-hybridized carbons (Fsp3) is 0.0909. The zero-order valence-corrected chi connectivity index (χ0v) is 9.57. The van der Waals surface area contributed by atoms with Crippen molar-refractivity contribution in [3.05, 3.63) is 36.5 Å². The van der Waals surface area contributed by atoms with E-state index in [4.69, 9.17) is 22.8 Å². The number of hydrazine groups is 1. The lowest BCUT2D eigenvalue weighted by Crippen LogP contribution is -2.37. The van der Waals surface area contributed by atoms with Gasteiger partial charge >= 0.3 is 0 Å². The highest BCUT2D eigenvalue weighted by molar-refractivity contribution is 7.80. The van der Waals surface area contributed by atoms with Gasteiger partial charge in [0.05, 0.1) is 7.11 Å². The molecule has 0 bridgehead atoms. The molecule has 1 heterocycles. The number of fused-ring (bicyclic) bond motifs is 1. The first kappa shape index (κ1) is 10.8. The maximum atomic E-state index is 5.74. The van der Waals surface area contributed by atoms with Gasteiger partial charge in [-0.25, -0.2) is 15.8 Å². The normalized spacial score (nSPS) is 10.1. The van der Waals surface area contributed by atoms with Gasteiger partial charge in [0.15, 0.2) is 5.82 Å². The average molecular weight is 233 g/mol. The summed E-state index contributed by atoms with van der Waals surface area (Å²) in [5, 5.41) is 3.54. The summed E-state index contributed by atoms with van der Waals surface area (Å²) in [6, 6.07) is 9.76. The number of ether oxygens (including phenoxy) is 1. The van der Waals surface area contributed by atoms with Gasteiger partial charge in [0, 0.05) is 11.6 Å². The van der Waals surface area contributed by atoms with Crippen LogP contribution in [0.2, 0.25) is 0 Å². The molecular formula is C11H11N3OS. The van der Waals surface area contributed by atoms with Crippen LogP contribution in [0.5, 0.6) is 0 Å². The molecule has 0 amide bonds. The van der Waals surface area contributed by atoms with Crippen LogP contribution in [0.15, 0.2) is 36.5 Å². The summed E-state index contributed by atoms with van der Waals surface area (Å²) >= 11 is 4.92. The fourth-order valence-electron chi connectivity index (χ4n) is 1.40. The van der Waals surface area contributed by atoms with Crippen LogP contribution in [0.25, 0.3) is 10.8 Å². The van der Waals surface area contributed by atoms with Crippen molar-refractivity contribution in [1.82, 2.24) is 4.98 Å². The van der Waals surface area contributed by atoms with E-state index in [2.05, 4.69) is 4.98 Å². The number of hydrogen-bond donors (Lipinski definition) is 1. The number of methoxy groups -OCH3 is 1. The Hall–Kier alpha value is -1.72. The van der Waals surface area contributed by atoms with E-state index < -0.39 is 0 Å². The van der Waals surface area contributed by atoms with Gasteiger partial charge in [-0.05, 0) is 23.7 Å². The number of pyridine rings is 1. The Balaban J connectivity index is 2.43. The van der Waals surface area contributed by atoms with Crippen LogP contribution in [0.1, 0.15) is 0 Å². The van der Waals surface area contributed by atoms with Crippen LogP contribution in [-0.2, 0) is 4.74 Å². The predicted octanol–water partition coefficient (Wildman–Crippen LogP) is 1.85. The van der Waals surface area contributed by atoms with Crippen LogP contribution in [0, 0.1) is 0 Å². The summed E-state index contributed by atoms with van der Waals surface area (Å²) in [6.45, 7) is 0. The van der Waals surface area contributed by atoms with Crippen molar-refractivity contribution in [3.63, 3.8) is 0 Å². The third-order valence-corrected chi connectivity index (χ3v) is 2.60. The Bertz CT molecular complexity index is 529. The summed E-state index contributed by atoms with van der Waals surface area (Å²) in [5.41, 5.74) is 0. The van der Waals surface area contributed by atoms with Gasteiger partial charge in [-0.3, -0.25) is 0 Å². The molecule has 0 fully saturated rings. The fourth-order valence-corrected chi connectivity index (χ4v) is 1.49. The van der Waals surface area contributed by atoms with Crippen molar-refractivity contribution < 1.29 is 4.74 Å². The van der Waals surface area contributed by atoms with Crippen LogP contribution < -0.4 is 10.9 Å². The Morgan fingerprint density at radius 1 is 1.38 bits per heavy atom. The van der Waals surface area contributed by atoms with E-state index in [1.807, 2.05) is 30.3 Å². The zero-order chi connectivity index (χ0) is 11.5. The van der Waals surface area contributed by atoms with Crippen molar-refractivity contribution >= 4 is 34.0 Å². The van der Waals surface area contributed by atoms with E-state index in [-0.39, 0.29) is 5.17 Å². The predicted molar refractivity (Wildman–Crippen MR) is 68.0 cm³/mol. The van der Waals surface area contributed by atoms with Crippen molar-refractivity contribution in [1.29, 1.82) is 0 Å². The molecule has 2 N–H and O–H groups in total. The standard InChI is InChI=1S/C11H11N3OS/c1-15-11(16)14(12)10-6-8-4-2-3-5-9(8)7-13-10/h2-7H,12H2,1H3. The second-order valence-electron chi connectivity index (χ2n) is 3.23. The molecule has 82 valence electrons. The average Bonchev–Trinajstić information content (AvgIpc) is 2.36. The molecule has 0 saturated carbocycles. The largest absolute Gasteiger partial charge is 0.473 e. The molecule has 2 aromatic rings. The second kappa shape index (κ2) is 4.42. The molecule has 0 aliphatic rings. The second-order valence-corrected chi connectivity index (χ2v) is 3.58. The molecule has 1 aromatic carbocycles. The molecule has 2 rings (SSSR count). The lowest BCUT2D eigenvalue weighted by Gasteiger charge is -2.16. The minimum absolute atomic E-state index is 0.183. The highest BCUT2D eigenvalue weighted by Gasteiger charge is 2.09. The molecule has 0 unspecified atom stereocenters. The SMILES string of the molecule is COC(=S)N(N)c1cc2ccccc2cn1. The molecule has 0 aliphatic carbocycles. The maximum absolute atomic E-state index is 5.74. The van der Waals surface area contributed by atoms with Crippen LogP contribution in [0.3, 0.4) is 0 Å². The van der Waals surface area contributed by atoms with Crippen molar-refractivity contribution in [3.8, 4) is 0 Å². The Morgan fingerprint density at radius 3 is 2.75 bits per heavy atom. The quantitative estimate of drug-likeness (QED) is 0.463. The molecule has 0 spiro atoms. The maximum Gasteiger partial charge on any atom is 0.279 e. The number of nitrogens with two attached hydrogens (primary N) is 1. The van der Waals surface area contributed by atoms with Crippen molar-refractivity contribution in [2.75, 3.05) is 12.1 Å². The van der Waals surface area contributed by atoms with Crippen molar-refractivity contribution in [2.45, 2.75) is 0 Å². The van der Waals surface area contributed by atoms with Gasteiger partial charge in [-0.1, -0.05) is 24.3 Å². The van der Waals surface area contributed by atoms with Crippen LogP contribution in [-0.4, -0.2) is 17.3 Å². The molecular weight excluding hydrogens is 222 g/mol. The summed E-state index contributed by atoms with van der Waals surface area (Å²) in [7, 11) is 1.48. The Kier molecular flexibility index (Phi) is 2.98. The number of aromatic nitrogens is 1. The van der Waals surface area contributed by atoms with E-state index in [0.29, 0.717) is 5.82 Å². The molecule has 4 nitrogen and oxygen atoms in total. The first-order valence-electron chi connectivity index (χ1n) is 4.70. The first-order valence-corrected chi connectivity index (χ1v) is 5.11. The minimum Gasteiger partial charge on any atom is -0.473 e. The number of benzene rings is 1. The lowest BCUT2D eigenvalue weighted by atomic mass is 10.2. The van der Waals surface area contributed by atoms with E-state index in [1.54, 1.807) is 6.20 Å². The topological polar surface area (TPSA) is 51.4 Å². The third kappa shape index (κ3) is 1.95. The first-order chi connectivity index (χ1) is 7.72. The minimum atomic E-state index is 0.183. The van der Waals surface area contributed by atoms with E-state index in [9.17, 15) is 0 Å². The van der Waals surface area contributed by atoms with E-state index in [1.165, 1.54) is 12.1 Å². The summed E-state index contributed by atoms with van der Waals surface area (Å²) in [6.07, 6.45) is 1.75. The number of thiocarbonyl (C=S) groups is 1. The molecule has 0 radical (unpaired) electrons. The number of anilines is 1. The zero-order valence-electron chi connectivity index (χ0n) is 8.75. The third-order valence-electron chi connectivity index (χ3n) is 2.23. The smallest absolute Gasteiger partial charge is 0.279 e. The summed E-state index contributed by atoms with van der Waals surface area (Å²) in [4.78, 5) is 4.21. The molecule has 0 aliphatic heterocycles. The molecule has 5 heteroatoms. The monoisotopic (exact) mass is 233 g/mol. The van der Waals surface area contributed by atoms with Crippen molar-refractivity contribution in [2.24, 2.45) is 5.84 Å². The Labute approximate surface area is 98.6 Å². The van der Waals surface area contributed by atoms with Gasteiger partial charge < -0.3 is 4.74 Å². The van der Waals surface area contributed by atoms with Gasteiger partial charge in [-0.15, -0.1) is 0 Å². The van der Waals surface area contributed by atoms with Gasteiger partial charge in [0.1, 0.15) is 0 Å². The highest BCUT2D eigenvalue weighted by atomic mass is 32.1. The summed E-state index contributed by atoms with van der Waals surface area (Å²) in [5.74, 6) is 6.31. The van der Waals surface area contributed by atoms with E-state index >= 15 is 0 Å². The van der Waals surface area contributed by atoms with Crippen LogP contribution in [0.4, 0.5) is 5.82 Å². The van der Waals surface area contributed by atoms with Crippen LogP contribution >= 0.6 is 12.2 Å². The van der Waals surface area contributed by atoms with Gasteiger partial charge in [-0.2, -0.15) is 0 Å². The number of nitrogens with zero attached hydrogens (tertiary/aromatic N) is 2. The highest BCUT2D eigenvalue weighted by Crippen LogP contribution is 2.17. The molecule has 16 heavy (non-hydrogen) atoms.